The Morgan fingerprint density at radius 1 is 1.54 bits per heavy atom. The standard InChI is InChI=1S/C10H18O3/c1-2-10(12)13-7-8-4-3-5-9(11)6-8/h8-9,11H,2-7H2,1H3. The quantitative estimate of drug-likeness (QED) is 0.679. The third-order valence-corrected chi connectivity index (χ3v) is 2.52. The lowest BCUT2D eigenvalue weighted by molar-refractivity contribution is -0.145. The first-order valence-corrected chi connectivity index (χ1v) is 5.06. The Bertz CT molecular complexity index is 168. The lowest BCUT2D eigenvalue weighted by Crippen LogP contribution is -2.24. The third-order valence-electron chi connectivity index (χ3n) is 2.52. The van der Waals surface area contributed by atoms with Crippen LogP contribution in [0.3, 0.4) is 0 Å². The van der Waals surface area contributed by atoms with Crippen LogP contribution < -0.4 is 0 Å². The highest BCUT2D eigenvalue weighted by molar-refractivity contribution is 5.68. The Morgan fingerprint density at radius 3 is 2.92 bits per heavy atom. The van der Waals surface area contributed by atoms with Crippen LogP contribution in [0, 0.1) is 5.92 Å². The molecule has 1 N–H and O–H groups in total. The molecule has 0 radical (unpaired) electrons. The Morgan fingerprint density at radius 2 is 2.31 bits per heavy atom. The summed E-state index contributed by atoms with van der Waals surface area (Å²) < 4.78 is 5.03. The van der Waals surface area contributed by atoms with Crippen molar-refractivity contribution in [1.82, 2.24) is 0 Å². The topological polar surface area (TPSA) is 46.5 Å². The molecule has 3 nitrogen and oxygen atoms in total. The Labute approximate surface area is 79.1 Å². The number of aliphatic hydroxyl groups excluding tert-OH is 1. The molecule has 0 aliphatic heterocycles. The summed E-state index contributed by atoms with van der Waals surface area (Å²) in [6.07, 6.45) is 4.08. The Hall–Kier alpha value is -0.570. The predicted molar refractivity (Wildman–Crippen MR) is 49.2 cm³/mol. The molecule has 3 heteroatoms. The molecule has 0 saturated heterocycles. The maximum Gasteiger partial charge on any atom is 0.305 e. The molecule has 0 aromatic rings. The van der Waals surface area contributed by atoms with Gasteiger partial charge in [0.25, 0.3) is 0 Å². The number of hydrogen-bond donors (Lipinski definition) is 1. The third kappa shape index (κ3) is 3.77. The predicted octanol–water partition coefficient (Wildman–Crippen LogP) is 1.49. The number of carbonyl (C=O) groups is 1. The Balaban J connectivity index is 2.17. The molecule has 0 aromatic carbocycles. The van der Waals surface area contributed by atoms with Crippen LogP contribution in [0.25, 0.3) is 0 Å². The van der Waals surface area contributed by atoms with E-state index < -0.39 is 0 Å². The SMILES string of the molecule is CCC(=O)OCC1CCCC(O)C1. The van der Waals surface area contributed by atoms with Crippen molar-refractivity contribution in [3.8, 4) is 0 Å². The van der Waals surface area contributed by atoms with Gasteiger partial charge in [0.1, 0.15) is 0 Å². The van der Waals surface area contributed by atoms with Gasteiger partial charge in [0.15, 0.2) is 0 Å². The van der Waals surface area contributed by atoms with E-state index in [0.717, 1.165) is 25.7 Å². The number of aliphatic hydroxyl groups is 1. The minimum absolute atomic E-state index is 0.139. The first-order chi connectivity index (χ1) is 6.22. The van der Waals surface area contributed by atoms with Crippen LogP contribution in [-0.4, -0.2) is 23.8 Å². The number of ether oxygens (including phenoxy) is 1. The van der Waals surface area contributed by atoms with E-state index in [-0.39, 0.29) is 12.1 Å². The Kier molecular flexibility index (Phi) is 4.22. The van der Waals surface area contributed by atoms with Gasteiger partial charge in [0.05, 0.1) is 12.7 Å². The van der Waals surface area contributed by atoms with E-state index in [4.69, 9.17) is 4.74 Å². The molecule has 2 unspecified atom stereocenters. The van der Waals surface area contributed by atoms with Gasteiger partial charge < -0.3 is 9.84 Å². The second-order valence-electron chi connectivity index (χ2n) is 3.72. The van der Waals surface area contributed by atoms with Crippen LogP contribution in [0.15, 0.2) is 0 Å². The molecular weight excluding hydrogens is 168 g/mol. The molecule has 2 atom stereocenters. The monoisotopic (exact) mass is 186 g/mol. The van der Waals surface area contributed by atoms with Gasteiger partial charge in [-0.15, -0.1) is 0 Å². The van der Waals surface area contributed by atoms with E-state index in [1.165, 1.54) is 0 Å². The van der Waals surface area contributed by atoms with E-state index in [9.17, 15) is 9.90 Å². The second-order valence-corrected chi connectivity index (χ2v) is 3.72. The molecule has 1 saturated carbocycles. The molecule has 13 heavy (non-hydrogen) atoms. The van der Waals surface area contributed by atoms with Crippen molar-refractivity contribution < 1.29 is 14.6 Å². The molecule has 1 fully saturated rings. The summed E-state index contributed by atoms with van der Waals surface area (Å²) in [5, 5.41) is 9.36. The van der Waals surface area contributed by atoms with Gasteiger partial charge >= 0.3 is 5.97 Å². The molecule has 1 rings (SSSR count). The summed E-state index contributed by atoms with van der Waals surface area (Å²) >= 11 is 0. The van der Waals surface area contributed by atoms with E-state index in [1.54, 1.807) is 6.92 Å². The first-order valence-electron chi connectivity index (χ1n) is 5.06. The molecule has 0 amide bonds. The van der Waals surface area contributed by atoms with Gasteiger partial charge in [0.2, 0.25) is 0 Å². The normalized spacial score (nSPS) is 28.5. The highest BCUT2D eigenvalue weighted by Crippen LogP contribution is 2.24. The van der Waals surface area contributed by atoms with Gasteiger partial charge in [-0.05, 0) is 25.2 Å². The molecule has 1 aliphatic carbocycles. The zero-order valence-corrected chi connectivity index (χ0v) is 8.16. The fraction of sp³-hybridized carbons (Fsp3) is 0.900. The van der Waals surface area contributed by atoms with Crippen LogP contribution in [-0.2, 0) is 9.53 Å². The lowest BCUT2D eigenvalue weighted by atomic mass is 9.88. The average molecular weight is 186 g/mol. The summed E-state index contributed by atoms with van der Waals surface area (Å²) in [6.45, 7) is 2.28. The summed E-state index contributed by atoms with van der Waals surface area (Å²) in [6, 6.07) is 0. The molecule has 1 aliphatic rings. The molecule has 76 valence electrons. The van der Waals surface area contributed by atoms with E-state index in [2.05, 4.69) is 0 Å². The van der Waals surface area contributed by atoms with Crippen molar-refractivity contribution in [3.05, 3.63) is 0 Å². The zero-order chi connectivity index (χ0) is 9.68. The van der Waals surface area contributed by atoms with Crippen LogP contribution in [0.2, 0.25) is 0 Å². The smallest absolute Gasteiger partial charge is 0.305 e. The van der Waals surface area contributed by atoms with Gasteiger partial charge in [-0.25, -0.2) is 0 Å². The van der Waals surface area contributed by atoms with Crippen molar-refractivity contribution >= 4 is 5.97 Å². The van der Waals surface area contributed by atoms with Crippen molar-refractivity contribution in [2.75, 3.05) is 6.61 Å². The van der Waals surface area contributed by atoms with E-state index >= 15 is 0 Å². The summed E-state index contributed by atoms with van der Waals surface area (Å²) in [4.78, 5) is 10.9. The summed E-state index contributed by atoms with van der Waals surface area (Å²) in [5.74, 6) is 0.235. The highest BCUT2D eigenvalue weighted by atomic mass is 16.5. The van der Waals surface area contributed by atoms with Gasteiger partial charge in [0, 0.05) is 6.42 Å². The van der Waals surface area contributed by atoms with Crippen molar-refractivity contribution in [2.24, 2.45) is 5.92 Å². The molecule has 0 heterocycles. The van der Waals surface area contributed by atoms with Gasteiger partial charge in [-0.2, -0.15) is 0 Å². The van der Waals surface area contributed by atoms with E-state index in [0.29, 0.717) is 18.9 Å². The lowest BCUT2D eigenvalue weighted by Gasteiger charge is -2.25. The molecule has 0 aromatic heterocycles. The van der Waals surface area contributed by atoms with Crippen LogP contribution in [0.5, 0.6) is 0 Å². The number of rotatable bonds is 3. The fourth-order valence-electron chi connectivity index (χ4n) is 1.73. The minimum Gasteiger partial charge on any atom is -0.465 e. The molecule has 0 bridgehead atoms. The van der Waals surface area contributed by atoms with Crippen LogP contribution in [0.1, 0.15) is 39.0 Å². The maximum absolute atomic E-state index is 10.9. The number of carbonyl (C=O) groups excluding carboxylic acids is 1. The fourth-order valence-corrected chi connectivity index (χ4v) is 1.73. The van der Waals surface area contributed by atoms with Crippen molar-refractivity contribution in [1.29, 1.82) is 0 Å². The van der Waals surface area contributed by atoms with Crippen LogP contribution >= 0.6 is 0 Å². The van der Waals surface area contributed by atoms with Gasteiger partial charge in [-0.3, -0.25) is 4.79 Å². The summed E-state index contributed by atoms with van der Waals surface area (Å²) in [5.41, 5.74) is 0. The minimum atomic E-state index is -0.181. The first kappa shape index (κ1) is 10.5. The highest BCUT2D eigenvalue weighted by Gasteiger charge is 2.20. The maximum atomic E-state index is 10.9. The summed E-state index contributed by atoms with van der Waals surface area (Å²) in [7, 11) is 0. The van der Waals surface area contributed by atoms with E-state index in [1.807, 2.05) is 0 Å². The molecular formula is C10H18O3. The van der Waals surface area contributed by atoms with Crippen molar-refractivity contribution in [3.63, 3.8) is 0 Å². The largest absolute Gasteiger partial charge is 0.465 e. The zero-order valence-electron chi connectivity index (χ0n) is 8.16. The average Bonchev–Trinajstić information content (AvgIpc) is 2.14. The van der Waals surface area contributed by atoms with Gasteiger partial charge in [-0.1, -0.05) is 13.3 Å². The number of esters is 1. The number of hydrogen-bond acceptors (Lipinski definition) is 3. The van der Waals surface area contributed by atoms with Crippen molar-refractivity contribution in [2.45, 2.75) is 45.1 Å². The van der Waals surface area contributed by atoms with Crippen LogP contribution in [0.4, 0.5) is 0 Å². The second kappa shape index (κ2) is 5.22. The molecule has 0 spiro atoms.